The van der Waals surface area contributed by atoms with E-state index in [1.54, 1.807) is 58.9 Å². The minimum absolute atomic E-state index is 0.0164. The maximum Gasteiger partial charge on any atom is 0.312 e. The smallest absolute Gasteiger partial charge is 0.312 e. The summed E-state index contributed by atoms with van der Waals surface area (Å²) in [6.45, 7) is 24.1. The summed E-state index contributed by atoms with van der Waals surface area (Å²) in [6.07, 6.45) is 5.06. The van der Waals surface area contributed by atoms with Gasteiger partial charge in [0, 0.05) is 120 Å². The van der Waals surface area contributed by atoms with Gasteiger partial charge in [0.25, 0.3) is 11.7 Å². The molecule has 2 fully saturated rings. The lowest BCUT2D eigenvalue weighted by Gasteiger charge is -2.38. The van der Waals surface area contributed by atoms with Crippen LogP contribution in [-0.4, -0.2) is 138 Å². The first-order valence-electron chi connectivity index (χ1n) is 23.7. The average Bonchev–Trinajstić information content (AvgIpc) is 3.80. The van der Waals surface area contributed by atoms with Crippen LogP contribution < -0.4 is 26.0 Å². The van der Waals surface area contributed by atoms with Crippen LogP contribution in [0.25, 0.3) is 0 Å². The van der Waals surface area contributed by atoms with Gasteiger partial charge in [0.1, 0.15) is 29.0 Å². The van der Waals surface area contributed by atoms with Crippen LogP contribution in [0.15, 0.2) is 52.5 Å². The third kappa shape index (κ3) is 10.7. The van der Waals surface area contributed by atoms with Crippen LogP contribution in [0, 0.1) is 36.5 Å². The van der Waals surface area contributed by atoms with Crippen molar-refractivity contribution in [2.45, 2.75) is 118 Å². The zero-order valence-electron chi connectivity index (χ0n) is 40.9. The first-order valence-corrected chi connectivity index (χ1v) is 23.7. The van der Waals surface area contributed by atoms with Crippen LogP contribution in [-0.2, 0) is 23.8 Å². The number of methoxy groups -OCH3 is 1. The number of hydrogen-bond donors (Lipinski definition) is 7. The Morgan fingerprint density at radius 1 is 0.925 bits per heavy atom. The normalized spacial score (nSPS) is 33.0. The number of nitrogens with one attached hydrogen (secondary N) is 4. The molecule has 7 rings (SSSR count). The van der Waals surface area contributed by atoms with Gasteiger partial charge in [0.05, 0.1) is 47.1 Å². The van der Waals surface area contributed by atoms with Crippen molar-refractivity contribution >= 4 is 29.2 Å². The average molecular weight is 933 g/mol. The molecule has 1 amide bonds. The molecule has 5 aliphatic heterocycles. The monoisotopic (exact) mass is 933 g/mol. The fraction of sp³-hybridized carbons (Fsp3) is 0.620. The first-order chi connectivity index (χ1) is 31.6. The number of ether oxygens (including phenoxy) is 4. The third-order valence-electron chi connectivity index (χ3n) is 13.9. The number of rotatable bonds is 4. The lowest BCUT2D eigenvalue weighted by Crippen LogP contribution is -2.50. The number of nitrogens with zero attached hydrogens (tertiary/aromatic N) is 2. The number of amides is 1. The van der Waals surface area contributed by atoms with Crippen LogP contribution in [0.4, 0.5) is 0 Å². The predicted octanol–water partition coefficient (Wildman–Crippen LogP) is 3.79. The second-order valence-corrected chi connectivity index (χ2v) is 19.5. The van der Waals surface area contributed by atoms with Gasteiger partial charge in [0.15, 0.2) is 0 Å². The molecule has 0 aromatic heterocycles. The highest BCUT2D eigenvalue weighted by Gasteiger charge is 2.54. The Bertz CT molecular complexity index is 2210. The highest BCUT2D eigenvalue weighted by atomic mass is 16.7. The lowest BCUT2D eigenvalue weighted by atomic mass is 9.78. The van der Waals surface area contributed by atoms with Crippen LogP contribution in [0.1, 0.15) is 107 Å². The number of piperidine rings is 1. The Balaban J connectivity index is 0.00000114. The summed E-state index contributed by atoms with van der Waals surface area (Å²) in [5, 5.41) is 47.5. The number of carbonyl (C=O) groups is 4. The number of phenols is 1. The SMILES string of the molecule is C1CNCCN1.CO[C@H]1/C=C/O[C@@]2(C)Oc3c(C)c(O)c4c(c3C2=O)C2=NC3(CCN(CC(C)C)CC3)NC2=C(NC(=O)/C(C)=C\C=C\[C@H](C)[C@H](O)[C@@H](C)[C@@H](O)[C@@H](C)[C@H](OC(C)=O)[C@@H]1C)C4=O. The third-order valence-corrected chi connectivity index (χ3v) is 13.9. The van der Waals surface area contributed by atoms with Crippen molar-refractivity contribution < 1.29 is 53.4 Å². The Hall–Kier alpha value is -4.91. The number of ketones is 2. The standard InChI is InChI=1S/C46H62N4O11.C4H10N2/c1-22(2)21-50-18-16-46(17-19-50)48-34-31-32-39(54)28(8)42-33(31)43(56)45(10,61-42)59-20-15-30(58-11)25(5)41(60-29(9)51)27(7)38(53)26(6)37(52)23(3)13-12-14-24(4)44(57)47-36(40(32)55)35(34)49-46;1-2-6-4-3-5-1/h12-15,20,22-23,25-27,30,37-38,41,49,52-54H,16-19,21H2,1-11H3,(H,47,57);5-6H,1-4H2/b13-12+,20-15+,24-14-;/t23-,25+,26+,27+,30-,37-,38+,41+,45-;/m0./s1. The van der Waals surface area contributed by atoms with Crippen LogP contribution in [0.2, 0.25) is 0 Å². The lowest BCUT2D eigenvalue weighted by molar-refractivity contribution is -0.160. The molecule has 1 aliphatic carbocycles. The summed E-state index contributed by atoms with van der Waals surface area (Å²) in [4.78, 5) is 63.3. The van der Waals surface area contributed by atoms with Crippen molar-refractivity contribution in [3.63, 3.8) is 0 Å². The van der Waals surface area contributed by atoms with Crippen molar-refractivity contribution in [1.29, 1.82) is 0 Å². The summed E-state index contributed by atoms with van der Waals surface area (Å²) in [5.41, 5.74) is -0.192. The van der Waals surface area contributed by atoms with E-state index in [9.17, 15) is 34.5 Å². The molecule has 1 aromatic rings. The molecule has 368 valence electrons. The molecular weight excluding hydrogens is 861 g/mol. The van der Waals surface area contributed by atoms with Crippen LogP contribution >= 0.6 is 0 Å². The van der Waals surface area contributed by atoms with E-state index in [2.05, 4.69) is 40.0 Å². The highest BCUT2D eigenvalue weighted by Crippen LogP contribution is 2.50. The van der Waals surface area contributed by atoms with Gasteiger partial charge in [-0.05, 0) is 25.8 Å². The summed E-state index contributed by atoms with van der Waals surface area (Å²) >= 11 is 0. The molecule has 0 unspecified atom stereocenters. The quantitative estimate of drug-likeness (QED) is 0.213. The van der Waals surface area contributed by atoms with E-state index in [0.29, 0.717) is 18.8 Å². The Morgan fingerprint density at radius 3 is 2.15 bits per heavy atom. The number of aliphatic imine (C=N–C) groups is 1. The number of phenolic OH excluding ortho intramolecular Hbond substituents is 1. The van der Waals surface area contributed by atoms with Gasteiger partial charge >= 0.3 is 11.8 Å². The van der Waals surface area contributed by atoms with E-state index in [1.807, 2.05) is 0 Å². The number of aromatic hydroxyl groups is 1. The molecule has 1 aromatic carbocycles. The van der Waals surface area contributed by atoms with Crippen LogP contribution in [0.5, 0.6) is 11.5 Å². The molecule has 17 nitrogen and oxygen atoms in total. The molecule has 6 aliphatic rings. The molecule has 9 atom stereocenters. The second-order valence-electron chi connectivity index (χ2n) is 19.5. The molecule has 5 heterocycles. The van der Waals surface area contributed by atoms with E-state index in [0.717, 1.165) is 45.8 Å². The summed E-state index contributed by atoms with van der Waals surface area (Å²) in [5.74, 6) is -6.78. The molecule has 17 heteroatoms. The van der Waals surface area contributed by atoms with Crippen molar-refractivity contribution in [2.75, 3.05) is 52.9 Å². The van der Waals surface area contributed by atoms with E-state index >= 15 is 0 Å². The number of hydrogen-bond acceptors (Lipinski definition) is 16. The maximum absolute atomic E-state index is 14.7. The van der Waals surface area contributed by atoms with Crippen molar-refractivity contribution in [3.05, 3.63) is 69.8 Å². The van der Waals surface area contributed by atoms with Crippen molar-refractivity contribution in [3.8, 4) is 11.5 Å². The number of aliphatic hydroxyl groups is 2. The van der Waals surface area contributed by atoms with Gasteiger partial charge in [-0.3, -0.25) is 24.2 Å². The molecule has 2 saturated heterocycles. The summed E-state index contributed by atoms with van der Waals surface area (Å²) < 4.78 is 24.0. The topological polar surface area (TPSA) is 230 Å². The fourth-order valence-electron chi connectivity index (χ4n) is 9.88. The van der Waals surface area contributed by atoms with E-state index in [-0.39, 0.29) is 50.7 Å². The number of Topliss-reactive ketones (excluding diaryl/α,β-unsaturated/α-hetero) is 2. The summed E-state index contributed by atoms with van der Waals surface area (Å²) in [6, 6.07) is 0. The van der Waals surface area contributed by atoms with Gasteiger partial charge in [-0.1, -0.05) is 59.8 Å². The first kappa shape index (κ1) is 51.5. The fourth-order valence-corrected chi connectivity index (χ4v) is 9.88. The molecule has 0 saturated carbocycles. The Labute approximate surface area is 394 Å². The molecule has 7 N–H and O–H groups in total. The number of esters is 1. The van der Waals surface area contributed by atoms with E-state index < -0.39 is 88.7 Å². The Kier molecular flexibility index (Phi) is 16.3. The summed E-state index contributed by atoms with van der Waals surface area (Å²) in [7, 11) is 1.46. The van der Waals surface area contributed by atoms with E-state index in [4.69, 9.17) is 23.9 Å². The molecule has 0 radical (unpaired) electrons. The number of likely N-dealkylation sites (tertiary alicyclic amines) is 1. The van der Waals surface area contributed by atoms with Gasteiger partial charge in [0.2, 0.25) is 5.78 Å². The molecule has 5 bridgehead atoms. The van der Waals surface area contributed by atoms with Gasteiger partial charge in [-0.25, -0.2) is 0 Å². The number of carbonyl (C=O) groups excluding carboxylic acids is 4. The molecule has 67 heavy (non-hydrogen) atoms. The van der Waals surface area contributed by atoms with Gasteiger partial charge < -0.3 is 60.4 Å². The second kappa shape index (κ2) is 21.2. The van der Waals surface area contributed by atoms with Crippen molar-refractivity contribution in [1.82, 2.24) is 26.2 Å². The zero-order valence-corrected chi connectivity index (χ0v) is 40.9. The predicted molar refractivity (Wildman–Crippen MR) is 253 cm³/mol. The van der Waals surface area contributed by atoms with E-state index in [1.165, 1.54) is 34.1 Å². The number of allylic oxidation sites excluding steroid dienone is 4. The minimum Gasteiger partial charge on any atom is -0.507 e. The van der Waals surface area contributed by atoms with Crippen molar-refractivity contribution in [2.24, 2.45) is 34.6 Å². The van der Waals surface area contributed by atoms with Gasteiger partial charge in [-0.2, -0.15) is 0 Å². The zero-order chi connectivity index (χ0) is 49.1. The number of aliphatic hydroxyl groups excluding tert-OH is 2. The van der Waals surface area contributed by atoms with Gasteiger partial charge in [-0.15, -0.1) is 0 Å². The largest absolute Gasteiger partial charge is 0.507 e. The molecule has 1 spiro atoms. The van der Waals surface area contributed by atoms with Crippen LogP contribution in [0.3, 0.4) is 0 Å². The maximum atomic E-state index is 14.7. The number of fused-ring (bicyclic) bond motifs is 3. The number of piperazine rings is 1. The Morgan fingerprint density at radius 2 is 1.57 bits per heavy atom. The molecular formula is C50H72N6O11. The number of benzene rings is 1. The highest BCUT2D eigenvalue weighted by molar-refractivity contribution is 6.34. The minimum atomic E-state index is -1.97.